The first kappa shape index (κ1) is 14.5. The molecule has 1 fully saturated rings. The van der Waals surface area contributed by atoms with E-state index in [-0.39, 0.29) is 17.9 Å². The Morgan fingerprint density at radius 3 is 2.75 bits per heavy atom. The average Bonchev–Trinajstić information content (AvgIpc) is 2.96. The summed E-state index contributed by atoms with van der Waals surface area (Å²) < 4.78 is 0. The van der Waals surface area contributed by atoms with E-state index in [1.165, 1.54) is 0 Å². The molecule has 1 aromatic carbocycles. The Bertz CT molecular complexity index is 475. The third-order valence-corrected chi connectivity index (χ3v) is 3.70. The van der Waals surface area contributed by atoms with E-state index in [9.17, 15) is 9.59 Å². The van der Waals surface area contributed by atoms with E-state index in [0.717, 1.165) is 12.0 Å². The van der Waals surface area contributed by atoms with Gasteiger partial charge in [0.1, 0.15) is 6.04 Å². The van der Waals surface area contributed by atoms with Gasteiger partial charge >= 0.3 is 0 Å². The third kappa shape index (κ3) is 3.17. The van der Waals surface area contributed by atoms with Gasteiger partial charge in [-0.3, -0.25) is 9.59 Å². The van der Waals surface area contributed by atoms with E-state index in [2.05, 4.69) is 5.32 Å². The molecule has 5 heteroatoms. The molecule has 1 saturated heterocycles. The van der Waals surface area contributed by atoms with Crippen LogP contribution in [0.25, 0.3) is 0 Å². The van der Waals surface area contributed by atoms with E-state index in [1.54, 1.807) is 11.9 Å². The van der Waals surface area contributed by atoms with E-state index < -0.39 is 6.04 Å². The highest BCUT2D eigenvalue weighted by molar-refractivity contribution is 5.90. The molecule has 1 heterocycles. The van der Waals surface area contributed by atoms with Crippen molar-refractivity contribution in [3.63, 3.8) is 0 Å². The van der Waals surface area contributed by atoms with Gasteiger partial charge in [0, 0.05) is 13.6 Å². The summed E-state index contributed by atoms with van der Waals surface area (Å²) in [5, 5.41) is 2.61. The number of likely N-dealkylation sites (tertiary alicyclic amines) is 1. The first-order valence-corrected chi connectivity index (χ1v) is 6.95. The van der Waals surface area contributed by atoms with Gasteiger partial charge in [0.25, 0.3) is 0 Å². The van der Waals surface area contributed by atoms with Crippen LogP contribution in [0, 0.1) is 0 Å². The molecule has 1 unspecified atom stereocenters. The predicted octanol–water partition coefficient (Wildman–Crippen LogP) is 0.293. The monoisotopic (exact) mass is 275 g/mol. The molecule has 1 aromatic rings. The average molecular weight is 275 g/mol. The number of nitrogens with one attached hydrogen (secondary N) is 1. The molecule has 108 valence electrons. The second-order valence-corrected chi connectivity index (χ2v) is 5.10. The number of carbonyl (C=O) groups excluding carboxylic acids is 2. The van der Waals surface area contributed by atoms with E-state index >= 15 is 0 Å². The number of benzene rings is 1. The van der Waals surface area contributed by atoms with Crippen molar-refractivity contribution < 1.29 is 9.59 Å². The van der Waals surface area contributed by atoms with Crippen molar-refractivity contribution in [1.29, 1.82) is 0 Å². The van der Waals surface area contributed by atoms with Crippen molar-refractivity contribution in [2.75, 3.05) is 13.6 Å². The highest BCUT2D eigenvalue weighted by Gasteiger charge is 2.35. The van der Waals surface area contributed by atoms with Crippen molar-refractivity contribution in [3.05, 3.63) is 35.9 Å². The molecule has 3 N–H and O–H groups in total. The van der Waals surface area contributed by atoms with Crippen LogP contribution in [0.5, 0.6) is 0 Å². The number of nitrogens with two attached hydrogens (primary N) is 1. The quantitative estimate of drug-likeness (QED) is 0.829. The normalized spacial score (nSPS) is 19.7. The molecule has 0 aliphatic carbocycles. The van der Waals surface area contributed by atoms with Crippen LogP contribution in [0.4, 0.5) is 0 Å². The third-order valence-electron chi connectivity index (χ3n) is 3.70. The second-order valence-electron chi connectivity index (χ2n) is 5.10. The van der Waals surface area contributed by atoms with E-state index in [1.807, 2.05) is 30.3 Å². The van der Waals surface area contributed by atoms with Gasteiger partial charge in [0.2, 0.25) is 11.8 Å². The highest BCUT2D eigenvalue weighted by Crippen LogP contribution is 2.19. The van der Waals surface area contributed by atoms with Crippen LogP contribution in [0.3, 0.4) is 0 Å². The zero-order valence-corrected chi connectivity index (χ0v) is 11.7. The van der Waals surface area contributed by atoms with Gasteiger partial charge in [-0.15, -0.1) is 0 Å². The number of likely N-dealkylation sites (N-methyl/N-ethyl adjacent to an activating group) is 1. The molecule has 1 aliphatic rings. The summed E-state index contributed by atoms with van der Waals surface area (Å²) >= 11 is 0. The maximum atomic E-state index is 12.4. The Morgan fingerprint density at radius 2 is 2.10 bits per heavy atom. The van der Waals surface area contributed by atoms with Crippen LogP contribution in [0.15, 0.2) is 30.3 Å². The fourth-order valence-electron chi connectivity index (χ4n) is 2.64. The first-order valence-electron chi connectivity index (χ1n) is 6.95. The summed E-state index contributed by atoms with van der Waals surface area (Å²) in [6, 6.07) is 8.72. The molecule has 0 saturated carbocycles. The standard InChI is InChI=1S/C15H21N3O2/c1-17-14(19)13-8-5-9-18(13)15(20)12(16)10-11-6-3-2-4-7-11/h2-4,6-7,12-13H,5,8-10,16H2,1H3,(H,17,19)/t12-,13?/m1/s1. The smallest absolute Gasteiger partial charge is 0.242 e. The molecule has 20 heavy (non-hydrogen) atoms. The molecular formula is C15H21N3O2. The van der Waals surface area contributed by atoms with Gasteiger partial charge in [0.05, 0.1) is 6.04 Å². The summed E-state index contributed by atoms with van der Waals surface area (Å²) in [7, 11) is 1.59. The number of carbonyl (C=O) groups is 2. The summed E-state index contributed by atoms with van der Waals surface area (Å²) in [5.41, 5.74) is 7.04. The van der Waals surface area contributed by atoms with Crippen LogP contribution in [0.2, 0.25) is 0 Å². The maximum absolute atomic E-state index is 12.4. The lowest BCUT2D eigenvalue weighted by atomic mass is 10.1. The van der Waals surface area contributed by atoms with Crippen molar-refractivity contribution >= 4 is 11.8 Å². The minimum Gasteiger partial charge on any atom is -0.357 e. The number of rotatable bonds is 4. The minimum atomic E-state index is -0.595. The van der Waals surface area contributed by atoms with Crippen LogP contribution in [-0.2, 0) is 16.0 Å². The fraction of sp³-hybridized carbons (Fsp3) is 0.467. The van der Waals surface area contributed by atoms with Crippen molar-refractivity contribution in [2.24, 2.45) is 5.73 Å². The Kier molecular flexibility index (Phi) is 4.74. The number of nitrogens with zero attached hydrogens (tertiary/aromatic N) is 1. The van der Waals surface area contributed by atoms with Crippen LogP contribution in [-0.4, -0.2) is 42.4 Å². The van der Waals surface area contributed by atoms with Gasteiger partial charge in [-0.05, 0) is 24.8 Å². The number of amides is 2. The van der Waals surface area contributed by atoms with Gasteiger partial charge < -0.3 is 16.0 Å². The van der Waals surface area contributed by atoms with Crippen molar-refractivity contribution in [3.8, 4) is 0 Å². The van der Waals surface area contributed by atoms with E-state index in [4.69, 9.17) is 5.73 Å². The molecule has 0 spiro atoms. The fourth-order valence-corrected chi connectivity index (χ4v) is 2.64. The molecule has 5 nitrogen and oxygen atoms in total. The Labute approximate surface area is 119 Å². The summed E-state index contributed by atoms with van der Waals surface area (Å²) in [6.07, 6.45) is 2.06. The molecule has 0 bridgehead atoms. The SMILES string of the molecule is CNC(=O)C1CCCN1C(=O)[C@H](N)Cc1ccccc1. The second kappa shape index (κ2) is 6.52. The molecule has 1 aliphatic heterocycles. The summed E-state index contributed by atoms with van der Waals surface area (Å²) in [6.45, 7) is 0.611. The number of hydrogen-bond acceptors (Lipinski definition) is 3. The van der Waals surface area contributed by atoms with Crippen molar-refractivity contribution in [2.45, 2.75) is 31.3 Å². The largest absolute Gasteiger partial charge is 0.357 e. The first-order chi connectivity index (χ1) is 9.63. The zero-order valence-electron chi connectivity index (χ0n) is 11.7. The number of hydrogen-bond donors (Lipinski definition) is 2. The lowest BCUT2D eigenvalue weighted by molar-refractivity contribution is -0.139. The van der Waals surface area contributed by atoms with Crippen LogP contribution < -0.4 is 11.1 Å². The highest BCUT2D eigenvalue weighted by atomic mass is 16.2. The van der Waals surface area contributed by atoms with Gasteiger partial charge in [0.15, 0.2) is 0 Å². The Hall–Kier alpha value is -1.88. The maximum Gasteiger partial charge on any atom is 0.242 e. The molecule has 2 atom stereocenters. The zero-order chi connectivity index (χ0) is 14.5. The van der Waals surface area contributed by atoms with Gasteiger partial charge in [-0.1, -0.05) is 30.3 Å². The molecule has 2 rings (SSSR count). The Morgan fingerprint density at radius 1 is 1.40 bits per heavy atom. The van der Waals surface area contributed by atoms with Crippen LogP contribution in [0.1, 0.15) is 18.4 Å². The molecule has 0 aromatic heterocycles. The van der Waals surface area contributed by atoms with Gasteiger partial charge in [-0.25, -0.2) is 0 Å². The predicted molar refractivity (Wildman–Crippen MR) is 76.9 cm³/mol. The topological polar surface area (TPSA) is 75.4 Å². The molecular weight excluding hydrogens is 254 g/mol. The summed E-state index contributed by atoms with van der Waals surface area (Å²) in [5.74, 6) is -0.247. The molecule has 2 amide bonds. The van der Waals surface area contributed by atoms with Crippen LogP contribution >= 0.6 is 0 Å². The Balaban J connectivity index is 2.01. The molecule has 0 radical (unpaired) electrons. The van der Waals surface area contributed by atoms with Gasteiger partial charge in [-0.2, -0.15) is 0 Å². The lowest BCUT2D eigenvalue weighted by Crippen LogP contribution is -2.51. The summed E-state index contributed by atoms with van der Waals surface area (Å²) in [4.78, 5) is 25.8. The van der Waals surface area contributed by atoms with Crippen molar-refractivity contribution in [1.82, 2.24) is 10.2 Å². The van der Waals surface area contributed by atoms with E-state index in [0.29, 0.717) is 19.4 Å². The lowest BCUT2D eigenvalue weighted by Gasteiger charge is -2.26. The minimum absolute atomic E-state index is 0.109.